The van der Waals surface area contributed by atoms with Crippen molar-refractivity contribution in [3.63, 3.8) is 0 Å². The van der Waals surface area contributed by atoms with E-state index in [0.717, 1.165) is 51.4 Å². The van der Waals surface area contributed by atoms with Gasteiger partial charge in [0.05, 0.1) is 16.9 Å². The Bertz CT molecular complexity index is 379. The maximum atomic E-state index is 11.1. The van der Waals surface area contributed by atoms with Gasteiger partial charge in [0.15, 0.2) is 0 Å². The van der Waals surface area contributed by atoms with Crippen LogP contribution in [-0.4, -0.2) is 34.9 Å². The molecule has 0 saturated carbocycles. The maximum Gasteiger partial charge on any atom is 0.309 e. The van der Waals surface area contributed by atoms with Gasteiger partial charge in [-0.15, -0.1) is 0 Å². The SMILES string of the molecule is CCOC(CCCCCC(C)(C)C(=O)O)CCCCCC(C)(C)C(=O)O. The van der Waals surface area contributed by atoms with Gasteiger partial charge in [0, 0.05) is 6.61 Å². The van der Waals surface area contributed by atoms with Gasteiger partial charge in [-0.3, -0.25) is 9.59 Å². The number of carbonyl (C=O) groups is 2. The Labute approximate surface area is 159 Å². The van der Waals surface area contributed by atoms with Gasteiger partial charge >= 0.3 is 11.9 Å². The molecule has 5 heteroatoms. The molecule has 0 aliphatic heterocycles. The fourth-order valence-electron chi connectivity index (χ4n) is 2.99. The molecular formula is C21H40O5. The summed E-state index contributed by atoms with van der Waals surface area (Å²) in [6.07, 6.45) is 9.77. The Morgan fingerprint density at radius 2 is 1.15 bits per heavy atom. The Morgan fingerprint density at radius 1 is 0.769 bits per heavy atom. The molecule has 0 aromatic heterocycles. The van der Waals surface area contributed by atoms with Crippen LogP contribution in [0.5, 0.6) is 0 Å². The molecule has 2 N–H and O–H groups in total. The minimum Gasteiger partial charge on any atom is -0.481 e. The Kier molecular flexibility index (Phi) is 11.8. The van der Waals surface area contributed by atoms with Crippen LogP contribution < -0.4 is 0 Å². The topological polar surface area (TPSA) is 83.8 Å². The van der Waals surface area contributed by atoms with Crippen molar-refractivity contribution in [3.05, 3.63) is 0 Å². The van der Waals surface area contributed by atoms with Crippen molar-refractivity contribution >= 4 is 11.9 Å². The second-order valence-electron chi connectivity index (χ2n) is 8.65. The first-order valence-electron chi connectivity index (χ1n) is 10.1. The van der Waals surface area contributed by atoms with E-state index < -0.39 is 22.8 Å². The van der Waals surface area contributed by atoms with Crippen molar-refractivity contribution in [3.8, 4) is 0 Å². The fraction of sp³-hybridized carbons (Fsp3) is 0.905. The van der Waals surface area contributed by atoms with Crippen molar-refractivity contribution < 1.29 is 24.5 Å². The fourth-order valence-corrected chi connectivity index (χ4v) is 2.99. The van der Waals surface area contributed by atoms with E-state index in [2.05, 4.69) is 0 Å². The highest BCUT2D eigenvalue weighted by molar-refractivity contribution is 5.73. The third-order valence-electron chi connectivity index (χ3n) is 5.22. The van der Waals surface area contributed by atoms with E-state index in [1.54, 1.807) is 27.7 Å². The molecule has 0 amide bonds. The third kappa shape index (κ3) is 10.8. The van der Waals surface area contributed by atoms with Crippen LogP contribution in [0.15, 0.2) is 0 Å². The number of aliphatic carboxylic acids is 2. The molecule has 0 heterocycles. The van der Waals surface area contributed by atoms with Gasteiger partial charge in [0.25, 0.3) is 0 Å². The van der Waals surface area contributed by atoms with Gasteiger partial charge in [0.1, 0.15) is 0 Å². The molecule has 0 saturated heterocycles. The average Bonchev–Trinajstić information content (AvgIpc) is 2.53. The molecule has 0 unspecified atom stereocenters. The molecule has 5 nitrogen and oxygen atoms in total. The van der Waals surface area contributed by atoms with Gasteiger partial charge in [0.2, 0.25) is 0 Å². The third-order valence-corrected chi connectivity index (χ3v) is 5.22. The molecule has 26 heavy (non-hydrogen) atoms. The van der Waals surface area contributed by atoms with Crippen molar-refractivity contribution in [2.75, 3.05) is 6.61 Å². The van der Waals surface area contributed by atoms with Gasteiger partial charge < -0.3 is 14.9 Å². The van der Waals surface area contributed by atoms with E-state index in [-0.39, 0.29) is 6.10 Å². The summed E-state index contributed by atoms with van der Waals surface area (Å²) in [5, 5.41) is 18.2. The van der Waals surface area contributed by atoms with Crippen LogP contribution >= 0.6 is 0 Å². The van der Waals surface area contributed by atoms with Crippen LogP contribution in [0.1, 0.15) is 98.8 Å². The number of ether oxygens (including phenoxy) is 1. The molecule has 0 rings (SSSR count). The van der Waals surface area contributed by atoms with Crippen molar-refractivity contribution in [2.24, 2.45) is 10.8 Å². The zero-order valence-electron chi connectivity index (χ0n) is 17.5. The predicted molar refractivity (Wildman–Crippen MR) is 104 cm³/mol. The molecule has 0 atom stereocenters. The molecule has 0 bridgehead atoms. The molecule has 0 fully saturated rings. The van der Waals surface area contributed by atoms with Gasteiger partial charge in [-0.25, -0.2) is 0 Å². The Morgan fingerprint density at radius 3 is 1.46 bits per heavy atom. The van der Waals surface area contributed by atoms with Gasteiger partial charge in [-0.1, -0.05) is 38.5 Å². The Balaban J connectivity index is 3.93. The zero-order valence-corrected chi connectivity index (χ0v) is 17.5. The van der Waals surface area contributed by atoms with Gasteiger partial charge in [-0.05, 0) is 60.3 Å². The molecule has 154 valence electrons. The van der Waals surface area contributed by atoms with Crippen molar-refractivity contribution in [2.45, 2.75) is 105 Å². The first kappa shape index (κ1) is 24.9. The molecule has 0 aromatic carbocycles. The molecule has 0 spiro atoms. The highest BCUT2D eigenvalue weighted by Crippen LogP contribution is 2.26. The lowest BCUT2D eigenvalue weighted by atomic mass is 9.86. The first-order chi connectivity index (χ1) is 12.0. The van der Waals surface area contributed by atoms with E-state index in [9.17, 15) is 9.59 Å². The van der Waals surface area contributed by atoms with Crippen LogP contribution in [0.3, 0.4) is 0 Å². The summed E-state index contributed by atoms with van der Waals surface area (Å²) in [6.45, 7) is 9.85. The summed E-state index contributed by atoms with van der Waals surface area (Å²) >= 11 is 0. The quantitative estimate of drug-likeness (QED) is 0.349. The van der Waals surface area contributed by atoms with E-state index in [1.807, 2.05) is 6.92 Å². The lowest BCUT2D eigenvalue weighted by Gasteiger charge is -2.20. The largest absolute Gasteiger partial charge is 0.481 e. The minimum absolute atomic E-state index is 0.264. The molecule has 0 aliphatic rings. The second-order valence-corrected chi connectivity index (χ2v) is 8.65. The van der Waals surface area contributed by atoms with Crippen LogP contribution in [0.2, 0.25) is 0 Å². The summed E-state index contributed by atoms with van der Waals surface area (Å²) < 4.78 is 5.83. The Hall–Kier alpha value is -1.10. The number of carboxylic acids is 2. The number of carboxylic acid groups (broad SMARTS) is 2. The van der Waals surface area contributed by atoms with Crippen molar-refractivity contribution in [1.29, 1.82) is 0 Å². The normalized spacial score (nSPS) is 12.5. The lowest BCUT2D eigenvalue weighted by molar-refractivity contribution is -0.148. The molecule has 0 aromatic rings. The summed E-state index contributed by atoms with van der Waals surface area (Å²) in [7, 11) is 0. The lowest BCUT2D eigenvalue weighted by Crippen LogP contribution is -2.23. The maximum absolute atomic E-state index is 11.1. The number of unbranched alkanes of at least 4 members (excludes halogenated alkanes) is 4. The molecule has 0 aliphatic carbocycles. The zero-order chi connectivity index (χ0) is 20.2. The molecular weight excluding hydrogens is 332 g/mol. The summed E-state index contributed by atoms with van der Waals surface area (Å²) in [6, 6.07) is 0. The number of rotatable bonds is 16. The first-order valence-corrected chi connectivity index (χ1v) is 10.1. The van der Waals surface area contributed by atoms with E-state index in [1.165, 1.54) is 0 Å². The number of hydrogen-bond donors (Lipinski definition) is 2. The summed E-state index contributed by atoms with van der Waals surface area (Å²) in [5.41, 5.74) is -1.27. The average molecular weight is 373 g/mol. The smallest absolute Gasteiger partial charge is 0.309 e. The van der Waals surface area contributed by atoms with Crippen LogP contribution in [0.4, 0.5) is 0 Å². The number of hydrogen-bond acceptors (Lipinski definition) is 3. The standard InChI is InChI=1S/C21H40O5/c1-6-26-17(13-9-7-11-15-20(2,3)18(22)23)14-10-8-12-16-21(4,5)19(24)25/h17H,6-16H2,1-5H3,(H,22,23)(H,24,25). The van der Waals surface area contributed by atoms with Crippen LogP contribution in [-0.2, 0) is 14.3 Å². The summed E-state index contributed by atoms with van der Waals surface area (Å²) in [4.78, 5) is 22.2. The van der Waals surface area contributed by atoms with E-state index in [4.69, 9.17) is 14.9 Å². The van der Waals surface area contributed by atoms with Crippen LogP contribution in [0.25, 0.3) is 0 Å². The van der Waals surface area contributed by atoms with Crippen LogP contribution in [0, 0.1) is 10.8 Å². The molecule has 0 radical (unpaired) electrons. The van der Waals surface area contributed by atoms with E-state index >= 15 is 0 Å². The second kappa shape index (κ2) is 12.3. The van der Waals surface area contributed by atoms with Crippen molar-refractivity contribution in [1.82, 2.24) is 0 Å². The highest BCUT2D eigenvalue weighted by Gasteiger charge is 2.26. The van der Waals surface area contributed by atoms with E-state index in [0.29, 0.717) is 19.4 Å². The minimum atomic E-state index is -0.726. The summed E-state index contributed by atoms with van der Waals surface area (Å²) in [5.74, 6) is -1.45. The van der Waals surface area contributed by atoms with Gasteiger partial charge in [-0.2, -0.15) is 0 Å². The monoisotopic (exact) mass is 372 g/mol. The predicted octanol–water partition coefficient (Wildman–Crippen LogP) is 5.51. The highest BCUT2D eigenvalue weighted by atomic mass is 16.5.